The minimum Gasteiger partial charge on any atom is -0.381 e. The van der Waals surface area contributed by atoms with Gasteiger partial charge in [0.1, 0.15) is 0 Å². The van der Waals surface area contributed by atoms with E-state index in [4.69, 9.17) is 4.74 Å². The number of hydrogen-bond acceptors (Lipinski definition) is 2. The van der Waals surface area contributed by atoms with E-state index in [1.54, 1.807) is 0 Å². The van der Waals surface area contributed by atoms with Gasteiger partial charge in [0.2, 0.25) is 0 Å². The summed E-state index contributed by atoms with van der Waals surface area (Å²) < 4.78 is 5.31. The molecule has 0 spiro atoms. The summed E-state index contributed by atoms with van der Waals surface area (Å²) >= 11 is 0. The molecule has 1 unspecified atom stereocenters. The Kier molecular flexibility index (Phi) is 3.95. The molecule has 0 saturated carbocycles. The monoisotopic (exact) mass is 232 g/mol. The van der Waals surface area contributed by atoms with Crippen molar-refractivity contribution in [3.8, 4) is 0 Å². The second kappa shape index (κ2) is 5.46. The summed E-state index contributed by atoms with van der Waals surface area (Å²) in [5, 5.41) is 0. The molecule has 0 radical (unpaired) electrons. The lowest BCUT2D eigenvalue weighted by Crippen LogP contribution is -2.16. The molecule has 0 aliphatic carbocycles. The predicted molar refractivity (Wildman–Crippen MR) is 68.5 cm³/mol. The van der Waals surface area contributed by atoms with E-state index >= 15 is 0 Å². The van der Waals surface area contributed by atoms with E-state index in [0.717, 1.165) is 31.4 Å². The molecule has 0 N–H and O–H groups in total. The van der Waals surface area contributed by atoms with Crippen molar-refractivity contribution in [2.24, 2.45) is 5.92 Å². The van der Waals surface area contributed by atoms with Crippen LogP contribution in [-0.4, -0.2) is 19.0 Å². The highest BCUT2D eigenvalue weighted by atomic mass is 16.5. The van der Waals surface area contributed by atoms with Gasteiger partial charge in [-0.15, -0.1) is 0 Å². The highest BCUT2D eigenvalue weighted by molar-refractivity contribution is 5.99. The summed E-state index contributed by atoms with van der Waals surface area (Å²) in [6.07, 6.45) is 2.77. The van der Waals surface area contributed by atoms with Gasteiger partial charge in [-0.3, -0.25) is 4.79 Å². The number of carbonyl (C=O) groups excluding carboxylic acids is 1. The zero-order chi connectivity index (χ0) is 12.3. The zero-order valence-electron chi connectivity index (χ0n) is 10.7. The average Bonchev–Trinajstić information content (AvgIpc) is 2.91. The lowest BCUT2D eigenvalue weighted by molar-refractivity contribution is 0.0899. The molecule has 1 aliphatic heterocycles. The van der Waals surface area contributed by atoms with Crippen LogP contribution >= 0.6 is 0 Å². The third-order valence-corrected chi connectivity index (χ3v) is 3.53. The molecule has 1 aromatic carbocycles. The van der Waals surface area contributed by atoms with Crippen molar-refractivity contribution in [1.29, 1.82) is 0 Å². The molecule has 0 bridgehead atoms. The van der Waals surface area contributed by atoms with E-state index in [1.807, 2.05) is 0 Å². The maximum absolute atomic E-state index is 12.4. The van der Waals surface area contributed by atoms with Gasteiger partial charge in [-0.1, -0.05) is 26.0 Å². The van der Waals surface area contributed by atoms with Crippen LogP contribution in [0.25, 0.3) is 0 Å². The Morgan fingerprint density at radius 3 is 2.76 bits per heavy atom. The fraction of sp³-hybridized carbons (Fsp3) is 0.533. The molecule has 1 aromatic rings. The van der Waals surface area contributed by atoms with Crippen LogP contribution in [0.2, 0.25) is 0 Å². The fourth-order valence-corrected chi connectivity index (χ4v) is 2.34. The zero-order valence-corrected chi connectivity index (χ0v) is 10.7. The van der Waals surface area contributed by atoms with Gasteiger partial charge in [-0.25, -0.2) is 0 Å². The number of carbonyl (C=O) groups is 1. The van der Waals surface area contributed by atoms with Crippen LogP contribution in [0.15, 0.2) is 18.2 Å². The number of hydrogen-bond donors (Lipinski definition) is 0. The molecule has 1 atom stereocenters. The van der Waals surface area contributed by atoms with Crippen molar-refractivity contribution in [3.63, 3.8) is 0 Å². The topological polar surface area (TPSA) is 26.3 Å². The van der Waals surface area contributed by atoms with Crippen molar-refractivity contribution in [2.45, 2.75) is 33.1 Å². The summed E-state index contributed by atoms with van der Waals surface area (Å²) in [6, 6.07) is 6.29. The minimum absolute atomic E-state index is 0.0763. The molecule has 1 saturated heterocycles. The average molecular weight is 232 g/mol. The number of Topliss-reactive ketones (excluding diaryl/α,β-unsaturated/α-hetero) is 1. The first kappa shape index (κ1) is 12.3. The van der Waals surface area contributed by atoms with E-state index in [9.17, 15) is 4.79 Å². The normalized spacial score (nSPS) is 19.5. The lowest BCUT2D eigenvalue weighted by Gasteiger charge is -2.12. The third-order valence-electron chi connectivity index (χ3n) is 3.53. The molecule has 1 aliphatic rings. The van der Waals surface area contributed by atoms with E-state index in [0.29, 0.717) is 6.61 Å². The molecular weight excluding hydrogens is 212 g/mol. The summed E-state index contributed by atoms with van der Waals surface area (Å²) in [5.41, 5.74) is 3.32. The lowest BCUT2D eigenvalue weighted by atomic mass is 9.91. The van der Waals surface area contributed by atoms with E-state index in [2.05, 4.69) is 32.0 Å². The third kappa shape index (κ3) is 2.58. The Labute approximate surface area is 103 Å². The molecule has 0 amide bonds. The van der Waals surface area contributed by atoms with Crippen molar-refractivity contribution >= 4 is 5.78 Å². The number of aryl methyl sites for hydroxylation is 2. The second-order valence-electron chi connectivity index (χ2n) is 4.62. The molecule has 2 rings (SSSR count). The van der Waals surface area contributed by atoms with Gasteiger partial charge >= 0.3 is 0 Å². The second-order valence-corrected chi connectivity index (χ2v) is 4.62. The van der Waals surface area contributed by atoms with Crippen LogP contribution in [0.5, 0.6) is 0 Å². The van der Waals surface area contributed by atoms with Crippen molar-refractivity contribution in [2.75, 3.05) is 13.2 Å². The fourth-order valence-electron chi connectivity index (χ4n) is 2.34. The van der Waals surface area contributed by atoms with Gasteiger partial charge in [-0.2, -0.15) is 0 Å². The first-order valence-corrected chi connectivity index (χ1v) is 6.50. The van der Waals surface area contributed by atoms with Gasteiger partial charge in [0.25, 0.3) is 0 Å². The van der Waals surface area contributed by atoms with E-state index in [1.165, 1.54) is 11.1 Å². The van der Waals surface area contributed by atoms with Crippen LogP contribution in [0.1, 0.15) is 41.8 Å². The largest absolute Gasteiger partial charge is 0.381 e. The molecule has 1 fully saturated rings. The van der Waals surface area contributed by atoms with E-state index in [-0.39, 0.29) is 11.7 Å². The van der Waals surface area contributed by atoms with Gasteiger partial charge in [0.15, 0.2) is 5.78 Å². The number of rotatable bonds is 4. The summed E-state index contributed by atoms with van der Waals surface area (Å²) in [4.78, 5) is 12.4. The van der Waals surface area contributed by atoms with Crippen LogP contribution in [0.3, 0.4) is 0 Å². The Balaban J connectivity index is 2.30. The van der Waals surface area contributed by atoms with Crippen LogP contribution < -0.4 is 0 Å². The number of benzene rings is 1. The summed E-state index contributed by atoms with van der Waals surface area (Å²) in [6.45, 7) is 5.54. The highest BCUT2D eigenvalue weighted by Crippen LogP contribution is 2.22. The maximum atomic E-state index is 12.4. The smallest absolute Gasteiger partial charge is 0.168 e. The first-order chi connectivity index (χ1) is 8.26. The SMILES string of the molecule is CCc1ccc(CC)c(C(=O)C2CCOC2)c1. The van der Waals surface area contributed by atoms with Gasteiger partial charge in [-0.05, 0) is 36.5 Å². The quantitative estimate of drug-likeness (QED) is 0.746. The first-order valence-electron chi connectivity index (χ1n) is 6.50. The molecule has 17 heavy (non-hydrogen) atoms. The summed E-state index contributed by atoms with van der Waals surface area (Å²) in [7, 11) is 0. The Bertz CT molecular complexity index is 403. The van der Waals surface area contributed by atoms with Crippen molar-refractivity contribution in [3.05, 3.63) is 34.9 Å². The van der Waals surface area contributed by atoms with Gasteiger partial charge in [0.05, 0.1) is 6.61 Å². The Morgan fingerprint density at radius 2 is 2.18 bits per heavy atom. The Morgan fingerprint density at radius 1 is 1.35 bits per heavy atom. The molecule has 92 valence electrons. The maximum Gasteiger partial charge on any atom is 0.168 e. The molecule has 2 heteroatoms. The van der Waals surface area contributed by atoms with Crippen molar-refractivity contribution < 1.29 is 9.53 Å². The van der Waals surface area contributed by atoms with Crippen LogP contribution in [0.4, 0.5) is 0 Å². The van der Waals surface area contributed by atoms with Crippen LogP contribution in [0, 0.1) is 5.92 Å². The number of ether oxygens (including phenoxy) is 1. The molecular formula is C15H20O2. The molecule has 2 nitrogen and oxygen atoms in total. The van der Waals surface area contributed by atoms with E-state index < -0.39 is 0 Å². The molecule has 1 heterocycles. The van der Waals surface area contributed by atoms with Crippen molar-refractivity contribution in [1.82, 2.24) is 0 Å². The van der Waals surface area contributed by atoms with Crippen LogP contribution in [-0.2, 0) is 17.6 Å². The summed E-state index contributed by atoms with van der Waals surface area (Å²) in [5.74, 6) is 0.349. The standard InChI is InChI=1S/C15H20O2/c1-3-11-5-6-12(4-2)14(9-11)15(16)13-7-8-17-10-13/h5-6,9,13H,3-4,7-8,10H2,1-2H3. The highest BCUT2D eigenvalue weighted by Gasteiger charge is 2.26. The molecule has 0 aromatic heterocycles. The van der Waals surface area contributed by atoms with Gasteiger partial charge < -0.3 is 4.74 Å². The number of ketones is 1. The predicted octanol–water partition coefficient (Wildman–Crippen LogP) is 3.03. The Hall–Kier alpha value is -1.15. The van der Waals surface area contributed by atoms with Gasteiger partial charge in [0, 0.05) is 18.1 Å². The minimum atomic E-state index is 0.0763.